The standard InChI is InChI=1S/C24H26F21N3O6/c25-16(26,19(31,32)22(37,38)39)9-52-13(49)46-6-2-1-4-12(8-48-15(51)54-11-18(29,30)21(35,36)24(43,44)45)5-3-7-47-14(50)53-10-17(27,28)20(33,34)23(40,41)42/h12H,1-11H2,(H,46,49)(H,47,50)(H,48,51). The van der Waals surface area contributed by atoms with E-state index in [1.807, 2.05) is 0 Å². The van der Waals surface area contributed by atoms with Gasteiger partial charge in [0.1, 0.15) is 0 Å². The lowest BCUT2D eigenvalue weighted by molar-refractivity contribution is -0.359. The first-order valence-corrected chi connectivity index (χ1v) is 14.2. The van der Waals surface area contributed by atoms with Gasteiger partial charge in [0.2, 0.25) is 0 Å². The maximum atomic E-state index is 13.4. The molecule has 0 aliphatic heterocycles. The molecule has 320 valence electrons. The van der Waals surface area contributed by atoms with Crippen molar-refractivity contribution >= 4 is 18.3 Å². The smallest absolute Gasteiger partial charge is 0.443 e. The summed E-state index contributed by atoms with van der Waals surface area (Å²) in [5.41, 5.74) is 0. The van der Waals surface area contributed by atoms with Crippen LogP contribution in [-0.2, 0) is 14.2 Å². The van der Waals surface area contributed by atoms with Crippen molar-refractivity contribution in [3.8, 4) is 0 Å². The summed E-state index contributed by atoms with van der Waals surface area (Å²) in [5, 5.41) is 5.03. The zero-order valence-electron chi connectivity index (χ0n) is 26.2. The summed E-state index contributed by atoms with van der Waals surface area (Å²) >= 11 is 0. The summed E-state index contributed by atoms with van der Waals surface area (Å²) in [6.07, 6.45) is -27.2. The van der Waals surface area contributed by atoms with E-state index < -0.39 is 118 Å². The van der Waals surface area contributed by atoms with Gasteiger partial charge in [-0.1, -0.05) is 6.42 Å². The molecule has 0 radical (unpaired) electrons. The van der Waals surface area contributed by atoms with Crippen molar-refractivity contribution in [2.45, 2.75) is 86.2 Å². The number of alkyl halides is 21. The Morgan fingerprint density at radius 2 is 0.685 bits per heavy atom. The second-order valence-electron chi connectivity index (χ2n) is 10.8. The van der Waals surface area contributed by atoms with Crippen molar-refractivity contribution in [3.05, 3.63) is 0 Å². The van der Waals surface area contributed by atoms with Gasteiger partial charge in [-0.15, -0.1) is 0 Å². The number of amides is 3. The van der Waals surface area contributed by atoms with Gasteiger partial charge in [0.05, 0.1) is 0 Å². The first-order chi connectivity index (χ1) is 24.0. The van der Waals surface area contributed by atoms with E-state index in [1.165, 1.54) is 0 Å². The molecule has 0 aromatic carbocycles. The van der Waals surface area contributed by atoms with Crippen LogP contribution in [0.4, 0.5) is 107 Å². The summed E-state index contributed by atoms with van der Waals surface area (Å²) in [5.74, 6) is -38.6. The van der Waals surface area contributed by atoms with Crippen molar-refractivity contribution < 1.29 is 121 Å². The van der Waals surface area contributed by atoms with Gasteiger partial charge < -0.3 is 30.2 Å². The Kier molecular flexibility index (Phi) is 17.1. The number of carbonyl (C=O) groups is 3. The molecule has 0 heterocycles. The number of halogens is 21. The summed E-state index contributed by atoms with van der Waals surface area (Å²) in [6, 6.07) is 0. The quantitative estimate of drug-likeness (QED) is 0.0647. The van der Waals surface area contributed by atoms with Crippen LogP contribution in [0, 0.1) is 5.92 Å². The molecule has 30 heteroatoms. The molecule has 0 aromatic rings. The lowest BCUT2D eigenvalue weighted by atomic mass is 9.96. The van der Waals surface area contributed by atoms with E-state index in [1.54, 1.807) is 16.0 Å². The van der Waals surface area contributed by atoms with E-state index in [0.717, 1.165) is 0 Å². The fourth-order valence-electron chi connectivity index (χ4n) is 3.42. The molecule has 0 spiro atoms. The highest BCUT2D eigenvalue weighted by molar-refractivity contribution is 5.67. The van der Waals surface area contributed by atoms with Crippen LogP contribution < -0.4 is 16.0 Å². The predicted octanol–water partition coefficient (Wildman–Crippen LogP) is 8.23. The number of hydrogen-bond donors (Lipinski definition) is 3. The lowest BCUT2D eigenvalue weighted by Gasteiger charge is -2.27. The molecule has 54 heavy (non-hydrogen) atoms. The molecule has 0 aliphatic rings. The van der Waals surface area contributed by atoms with E-state index in [-0.39, 0.29) is 32.1 Å². The molecule has 1 unspecified atom stereocenters. The second-order valence-corrected chi connectivity index (χ2v) is 10.8. The van der Waals surface area contributed by atoms with Crippen molar-refractivity contribution in [1.29, 1.82) is 0 Å². The van der Waals surface area contributed by atoms with Gasteiger partial charge >= 0.3 is 72.3 Å². The number of unbranched alkanes of at least 4 members (excludes halogenated alkanes) is 1. The second kappa shape index (κ2) is 18.3. The van der Waals surface area contributed by atoms with Crippen LogP contribution in [0.1, 0.15) is 32.1 Å². The van der Waals surface area contributed by atoms with Crippen LogP contribution in [0.5, 0.6) is 0 Å². The van der Waals surface area contributed by atoms with E-state index in [0.29, 0.717) is 0 Å². The van der Waals surface area contributed by atoms with E-state index >= 15 is 0 Å². The molecule has 1 atom stereocenters. The molecule has 0 rings (SSSR count). The van der Waals surface area contributed by atoms with Gasteiger partial charge in [0.15, 0.2) is 19.8 Å². The maximum absolute atomic E-state index is 13.4. The Balaban J connectivity index is 5.20. The van der Waals surface area contributed by atoms with Gasteiger partial charge in [-0.25, -0.2) is 14.4 Å². The number of rotatable bonds is 20. The highest BCUT2D eigenvalue weighted by Crippen LogP contribution is 2.48. The average molecular weight is 851 g/mol. The molecule has 0 bridgehead atoms. The third-order valence-corrected chi connectivity index (χ3v) is 6.50. The number of hydrogen-bond acceptors (Lipinski definition) is 6. The number of carbonyl (C=O) groups excluding carboxylic acids is 3. The SMILES string of the molecule is O=C(NCCCCC(CCCNC(=O)OCC(F)(F)C(F)(F)C(F)(F)F)CNC(=O)OCC(F)(F)C(F)(F)C(F)(F)F)OCC(F)(F)C(F)(F)C(F)(F)F. The Morgan fingerprint density at radius 3 is 1.00 bits per heavy atom. The molecule has 0 aromatic heterocycles. The van der Waals surface area contributed by atoms with Crippen LogP contribution in [0.15, 0.2) is 0 Å². The monoisotopic (exact) mass is 851 g/mol. The topological polar surface area (TPSA) is 115 Å². The first kappa shape index (κ1) is 50.3. The fourth-order valence-corrected chi connectivity index (χ4v) is 3.42. The first-order valence-electron chi connectivity index (χ1n) is 14.2. The highest BCUT2D eigenvalue weighted by Gasteiger charge is 2.75. The van der Waals surface area contributed by atoms with Gasteiger partial charge in [-0.3, -0.25) is 0 Å². The maximum Gasteiger partial charge on any atom is 0.460 e. The van der Waals surface area contributed by atoms with E-state index in [4.69, 9.17) is 0 Å². The molecule has 0 saturated heterocycles. The highest BCUT2D eigenvalue weighted by atomic mass is 19.4. The summed E-state index contributed by atoms with van der Waals surface area (Å²) in [7, 11) is 0. The molecular formula is C24H26F21N3O6. The Bertz CT molecular complexity index is 1220. The van der Waals surface area contributed by atoms with Gasteiger partial charge in [0, 0.05) is 19.6 Å². The fraction of sp³-hybridized carbons (Fsp3) is 0.875. The number of ether oxygens (including phenoxy) is 3. The van der Waals surface area contributed by atoms with Crippen LogP contribution in [-0.4, -0.2) is 112 Å². The minimum atomic E-state index is -6.77. The summed E-state index contributed by atoms with van der Waals surface area (Å²) < 4.78 is 278. The van der Waals surface area contributed by atoms with Crippen LogP contribution >= 0.6 is 0 Å². The molecular weight excluding hydrogens is 825 g/mol. The zero-order chi connectivity index (χ0) is 42.8. The van der Waals surface area contributed by atoms with Crippen molar-refractivity contribution in [2.24, 2.45) is 5.92 Å². The predicted molar refractivity (Wildman–Crippen MR) is 132 cm³/mol. The normalized spacial score (nSPS) is 14.6. The van der Waals surface area contributed by atoms with Gasteiger partial charge in [0.25, 0.3) is 0 Å². The minimum absolute atomic E-state index is 0.141. The zero-order valence-corrected chi connectivity index (χ0v) is 26.2. The van der Waals surface area contributed by atoms with Crippen molar-refractivity contribution in [1.82, 2.24) is 16.0 Å². The average Bonchev–Trinajstić information content (AvgIpc) is 3.00. The van der Waals surface area contributed by atoms with Crippen molar-refractivity contribution in [2.75, 3.05) is 39.5 Å². The van der Waals surface area contributed by atoms with E-state index in [2.05, 4.69) is 14.2 Å². The number of alkyl carbamates (subject to hydrolysis) is 3. The third kappa shape index (κ3) is 13.9. The molecule has 0 aliphatic carbocycles. The Hall–Kier alpha value is -3.66. The van der Waals surface area contributed by atoms with Crippen molar-refractivity contribution in [3.63, 3.8) is 0 Å². The van der Waals surface area contributed by atoms with Crippen LogP contribution in [0.25, 0.3) is 0 Å². The Labute approximate surface area is 287 Å². The van der Waals surface area contributed by atoms with E-state index in [9.17, 15) is 107 Å². The molecule has 3 amide bonds. The third-order valence-electron chi connectivity index (χ3n) is 6.50. The summed E-state index contributed by atoms with van der Waals surface area (Å²) in [6.45, 7) is -10.2. The molecule has 0 fully saturated rings. The molecule has 0 saturated carbocycles. The van der Waals surface area contributed by atoms with Gasteiger partial charge in [-0.05, 0) is 31.6 Å². The molecule has 3 N–H and O–H groups in total. The number of nitrogens with one attached hydrogen (secondary N) is 3. The van der Waals surface area contributed by atoms with Crippen LogP contribution in [0.2, 0.25) is 0 Å². The van der Waals surface area contributed by atoms with Crippen LogP contribution in [0.3, 0.4) is 0 Å². The lowest BCUT2D eigenvalue weighted by Crippen LogP contribution is -2.54. The summed E-state index contributed by atoms with van der Waals surface area (Å²) in [4.78, 5) is 34.6. The van der Waals surface area contributed by atoms with Gasteiger partial charge in [-0.2, -0.15) is 92.2 Å². The largest absolute Gasteiger partial charge is 0.460 e. The minimum Gasteiger partial charge on any atom is -0.443 e. The molecule has 9 nitrogen and oxygen atoms in total. The Morgan fingerprint density at radius 1 is 0.407 bits per heavy atom.